The van der Waals surface area contributed by atoms with Crippen LogP contribution in [0.3, 0.4) is 0 Å². The molecule has 0 radical (unpaired) electrons. The first kappa shape index (κ1) is 17.1. The molecule has 2 nitrogen and oxygen atoms in total. The summed E-state index contributed by atoms with van der Waals surface area (Å²) in [6.45, 7) is 2.91. The quantitative estimate of drug-likeness (QED) is 0.449. The molecular formula is C17H19ClN2S2. The summed E-state index contributed by atoms with van der Waals surface area (Å²) in [6.07, 6.45) is 0. The molecule has 2 aromatic carbocycles. The number of halogens is 1. The molecule has 0 unspecified atom stereocenters. The van der Waals surface area contributed by atoms with Crippen LogP contribution in [0.4, 0.5) is 0 Å². The van der Waals surface area contributed by atoms with Gasteiger partial charge >= 0.3 is 0 Å². The summed E-state index contributed by atoms with van der Waals surface area (Å²) in [4.78, 5) is 1.28. The number of thiocarbonyl (C=S) groups is 1. The van der Waals surface area contributed by atoms with Crippen molar-refractivity contribution >= 4 is 40.7 Å². The molecule has 0 aromatic heterocycles. The van der Waals surface area contributed by atoms with Crippen molar-refractivity contribution in [1.29, 1.82) is 0 Å². The van der Waals surface area contributed by atoms with Gasteiger partial charge in [0.1, 0.15) is 0 Å². The van der Waals surface area contributed by atoms with Gasteiger partial charge in [0.2, 0.25) is 0 Å². The van der Waals surface area contributed by atoms with E-state index in [4.69, 9.17) is 23.8 Å². The zero-order chi connectivity index (χ0) is 15.8. The van der Waals surface area contributed by atoms with Gasteiger partial charge in [-0.25, -0.2) is 0 Å². The minimum absolute atomic E-state index is 0.152. The predicted molar refractivity (Wildman–Crippen MR) is 101 cm³/mol. The van der Waals surface area contributed by atoms with Gasteiger partial charge in [0, 0.05) is 22.2 Å². The van der Waals surface area contributed by atoms with E-state index in [1.54, 1.807) is 0 Å². The Morgan fingerprint density at radius 3 is 2.50 bits per heavy atom. The molecule has 22 heavy (non-hydrogen) atoms. The van der Waals surface area contributed by atoms with Crippen LogP contribution >= 0.6 is 35.6 Å². The maximum Gasteiger partial charge on any atom is 0.166 e. The fourth-order valence-corrected chi connectivity index (χ4v) is 3.13. The first-order chi connectivity index (χ1) is 10.6. The Bertz CT molecular complexity index is 587. The molecule has 2 N–H and O–H groups in total. The summed E-state index contributed by atoms with van der Waals surface area (Å²) in [6, 6.07) is 18.3. The summed E-state index contributed by atoms with van der Waals surface area (Å²) in [5.74, 6) is 0.973. The lowest BCUT2D eigenvalue weighted by molar-refractivity contribution is 0.703. The van der Waals surface area contributed by atoms with Crippen LogP contribution in [0.1, 0.15) is 18.5 Å². The number of hydrogen-bond donors (Lipinski definition) is 2. The van der Waals surface area contributed by atoms with Crippen LogP contribution < -0.4 is 10.6 Å². The van der Waals surface area contributed by atoms with Gasteiger partial charge < -0.3 is 10.6 Å². The van der Waals surface area contributed by atoms with Gasteiger partial charge in [-0.05, 0) is 49.0 Å². The average Bonchev–Trinajstić information content (AvgIpc) is 2.53. The Balaban J connectivity index is 1.68. The minimum atomic E-state index is 0.152. The SMILES string of the molecule is C[C@H](NC(=S)NCCSc1ccccc1)c1ccc(Cl)cc1. The monoisotopic (exact) mass is 350 g/mol. The molecule has 5 heteroatoms. The summed E-state index contributed by atoms with van der Waals surface area (Å²) in [7, 11) is 0. The molecule has 2 aromatic rings. The van der Waals surface area contributed by atoms with Gasteiger partial charge in [0.25, 0.3) is 0 Å². The lowest BCUT2D eigenvalue weighted by Gasteiger charge is -2.17. The standard InChI is InChI=1S/C17H19ClN2S2/c1-13(14-7-9-15(18)10-8-14)20-17(21)19-11-12-22-16-5-3-2-4-6-16/h2-10,13H,11-12H2,1H3,(H2,19,20,21)/t13-/m0/s1. The van der Waals surface area contributed by atoms with Crippen LogP contribution in [-0.2, 0) is 0 Å². The summed E-state index contributed by atoms with van der Waals surface area (Å²) in [5.41, 5.74) is 1.16. The van der Waals surface area contributed by atoms with Gasteiger partial charge in [-0.15, -0.1) is 11.8 Å². The molecule has 0 aliphatic carbocycles. The molecule has 116 valence electrons. The molecule has 1 atom stereocenters. The Kier molecular flexibility index (Phi) is 7.03. The van der Waals surface area contributed by atoms with Gasteiger partial charge in [-0.3, -0.25) is 0 Å². The maximum absolute atomic E-state index is 5.90. The lowest BCUT2D eigenvalue weighted by Crippen LogP contribution is -2.37. The van der Waals surface area contributed by atoms with Crippen LogP contribution in [-0.4, -0.2) is 17.4 Å². The van der Waals surface area contributed by atoms with Gasteiger partial charge in [0.05, 0.1) is 6.04 Å². The second-order valence-corrected chi connectivity index (χ2v) is 6.85. The maximum atomic E-state index is 5.90. The number of hydrogen-bond acceptors (Lipinski definition) is 2. The number of nitrogens with one attached hydrogen (secondary N) is 2. The predicted octanol–water partition coefficient (Wildman–Crippen LogP) is 4.66. The highest BCUT2D eigenvalue weighted by molar-refractivity contribution is 7.99. The van der Waals surface area contributed by atoms with Crippen molar-refractivity contribution in [1.82, 2.24) is 10.6 Å². The third kappa shape index (κ3) is 5.87. The number of benzene rings is 2. The Morgan fingerprint density at radius 1 is 1.14 bits per heavy atom. The van der Waals surface area contributed by atoms with Crippen LogP contribution in [0.5, 0.6) is 0 Å². The van der Waals surface area contributed by atoms with E-state index in [9.17, 15) is 0 Å². The van der Waals surface area contributed by atoms with E-state index in [2.05, 4.69) is 41.8 Å². The molecule has 0 amide bonds. The zero-order valence-electron chi connectivity index (χ0n) is 12.4. The molecule has 0 aliphatic rings. The van der Waals surface area contributed by atoms with Crippen LogP contribution in [0, 0.1) is 0 Å². The summed E-state index contributed by atoms with van der Waals surface area (Å²) < 4.78 is 0. The highest BCUT2D eigenvalue weighted by Crippen LogP contribution is 2.17. The van der Waals surface area contributed by atoms with Crippen molar-refractivity contribution in [2.45, 2.75) is 17.9 Å². The molecule has 0 heterocycles. The normalized spacial score (nSPS) is 11.7. The average molecular weight is 351 g/mol. The zero-order valence-corrected chi connectivity index (χ0v) is 14.8. The van der Waals surface area contributed by atoms with Crippen molar-refractivity contribution in [2.24, 2.45) is 0 Å². The molecule has 0 saturated carbocycles. The van der Waals surface area contributed by atoms with E-state index in [1.807, 2.05) is 42.1 Å². The van der Waals surface area contributed by atoms with Crippen LogP contribution in [0.2, 0.25) is 5.02 Å². The van der Waals surface area contributed by atoms with Crippen molar-refractivity contribution in [3.8, 4) is 0 Å². The first-order valence-corrected chi connectivity index (χ1v) is 8.90. The highest BCUT2D eigenvalue weighted by Gasteiger charge is 2.06. The first-order valence-electron chi connectivity index (χ1n) is 7.13. The third-order valence-corrected chi connectivity index (χ3v) is 4.65. The second kappa shape index (κ2) is 9.03. The largest absolute Gasteiger partial charge is 0.362 e. The van der Waals surface area contributed by atoms with Crippen molar-refractivity contribution < 1.29 is 0 Å². The van der Waals surface area contributed by atoms with E-state index in [0.717, 1.165) is 22.9 Å². The van der Waals surface area contributed by atoms with Crippen LogP contribution in [0.15, 0.2) is 59.5 Å². The van der Waals surface area contributed by atoms with Crippen molar-refractivity contribution in [2.75, 3.05) is 12.3 Å². The van der Waals surface area contributed by atoms with Gasteiger partial charge in [-0.1, -0.05) is 41.9 Å². The van der Waals surface area contributed by atoms with E-state index in [0.29, 0.717) is 5.11 Å². The van der Waals surface area contributed by atoms with E-state index in [1.165, 1.54) is 4.90 Å². The number of rotatable bonds is 6. The molecule has 2 rings (SSSR count). The molecule has 0 spiro atoms. The lowest BCUT2D eigenvalue weighted by atomic mass is 10.1. The molecule has 0 saturated heterocycles. The molecular weight excluding hydrogens is 332 g/mol. The smallest absolute Gasteiger partial charge is 0.166 e. The highest BCUT2D eigenvalue weighted by atomic mass is 35.5. The Hall–Kier alpha value is -1.23. The topological polar surface area (TPSA) is 24.1 Å². The van der Waals surface area contributed by atoms with E-state index < -0.39 is 0 Å². The van der Waals surface area contributed by atoms with E-state index >= 15 is 0 Å². The van der Waals surface area contributed by atoms with Crippen LogP contribution in [0.25, 0.3) is 0 Å². The fourth-order valence-electron chi connectivity index (χ4n) is 1.93. The minimum Gasteiger partial charge on any atom is -0.362 e. The van der Waals surface area contributed by atoms with Crippen molar-refractivity contribution in [3.05, 3.63) is 65.2 Å². The molecule has 0 aliphatic heterocycles. The summed E-state index contributed by atoms with van der Waals surface area (Å²) in [5, 5.41) is 7.94. The van der Waals surface area contributed by atoms with Gasteiger partial charge in [-0.2, -0.15) is 0 Å². The van der Waals surface area contributed by atoms with Crippen molar-refractivity contribution in [3.63, 3.8) is 0 Å². The fraction of sp³-hybridized carbons (Fsp3) is 0.235. The summed E-state index contributed by atoms with van der Waals surface area (Å²) >= 11 is 13.0. The third-order valence-electron chi connectivity index (χ3n) is 3.12. The Labute approximate surface area is 146 Å². The molecule has 0 bridgehead atoms. The second-order valence-electron chi connectivity index (χ2n) is 4.83. The van der Waals surface area contributed by atoms with E-state index in [-0.39, 0.29) is 6.04 Å². The Morgan fingerprint density at radius 2 is 1.82 bits per heavy atom. The van der Waals surface area contributed by atoms with Gasteiger partial charge in [0.15, 0.2) is 5.11 Å². The molecule has 0 fully saturated rings. The number of thioether (sulfide) groups is 1.